The highest BCUT2D eigenvalue weighted by atomic mass is 16.5. The normalized spacial score (nSPS) is 23.7. The van der Waals surface area contributed by atoms with Gasteiger partial charge in [0.25, 0.3) is 0 Å². The Morgan fingerprint density at radius 1 is 1.12 bits per heavy atom. The molecule has 1 saturated carbocycles. The summed E-state index contributed by atoms with van der Waals surface area (Å²) < 4.78 is 5.54. The van der Waals surface area contributed by atoms with Gasteiger partial charge in [0.1, 0.15) is 6.61 Å². The highest BCUT2D eigenvalue weighted by Gasteiger charge is 2.66. The van der Waals surface area contributed by atoms with Crippen LogP contribution >= 0.6 is 0 Å². The molecule has 2 aliphatic carbocycles. The molecule has 32 heavy (non-hydrogen) atoms. The van der Waals surface area contributed by atoms with E-state index >= 15 is 0 Å². The van der Waals surface area contributed by atoms with Crippen LogP contribution in [0.3, 0.4) is 0 Å². The van der Waals surface area contributed by atoms with Crippen LogP contribution in [-0.2, 0) is 14.3 Å². The largest absolute Gasteiger partial charge is 0.481 e. The highest BCUT2D eigenvalue weighted by molar-refractivity contribution is 5.84. The highest BCUT2D eigenvalue weighted by Crippen LogP contribution is 2.58. The van der Waals surface area contributed by atoms with E-state index in [9.17, 15) is 19.5 Å². The first-order valence-corrected chi connectivity index (χ1v) is 11.0. The van der Waals surface area contributed by atoms with Crippen molar-refractivity contribution in [3.8, 4) is 11.1 Å². The number of carboxylic acid groups (broad SMARTS) is 1. The van der Waals surface area contributed by atoms with E-state index < -0.39 is 23.5 Å². The molecule has 7 heteroatoms. The van der Waals surface area contributed by atoms with E-state index in [0.717, 1.165) is 11.1 Å². The first-order chi connectivity index (χ1) is 15.4. The number of hydrogen-bond acceptors (Lipinski definition) is 4. The third-order valence-electron chi connectivity index (χ3n) is 7.11. The maximum atomic E-state index is 12.6. The van der Waals surface area contributed by atoms with Crippen molar-refractivity contribution in [2.75, 3.05) is 19.7 Å². The van der Waals surface area contributed by atoms with Gasteiger partial charge in [0.05, 0.1) is 5.41 Å². The predicted molar refractivity (Wildman–Crippen MR) is 117 cm³/mol. The molecule has 2 N–H and O–H groups in total. The molecular formula is C25H26N2O5. The van der Waals surface area contributed by atoms with Gasteiger partial charge in [0.15, 0.2) is 0 Å². The fourth-order valence-corrected chi connectivity index (χ4v) is 5.29. The maximum Gasteiger partial charge on any atom is 0.407 e. The van der Waals surface area contributed by atoms with Crippen molar-refractivity contribution >= 4 is 18.0 Å². The van der Waals surface area contributed by atoms with Crippen LogP contribution in [0, 0.1) is 11.3 Å². The Bertz CT molecular complexity index is 1050. The van der Waals surface area contributed by atoms with Crippen LogP contribution in [0.25, 0.3) is 11.1 Å². The molecule has 1 saturated heterocycles. The van der Waals surface area contributed by atoms with Crippen molar-refractivity contribution in [3.05, 3.63) is 59.7 Å². The van der Waals surface area contributed by atoms with E-state index in [-0.39, 0.29) is 37.3 Å². The van der Waals surface area contributed by atoms with Crippen LogP contribution in [0.2, 0.25) is 0 Å². The number of aliphatic carboxylic acids is 1. The number of piperidine rings is 1. The summed E-state index contributed by atoms with van der Waals surface area (Å²) in [5, 5.41) is 12.1. The number of fused-ring (bicyclic) bond motifs is 4. The molecule has 7 nitrogen and oxygen atoms in total. The van der Waals surface area contributed by atoms with Crippen molar-refractivity contribution in [1.29, 1.82) is 0 Å². The van der Waals surface area contributed by atoms with Crippen LogP contribution in [0.1, 0.15) is 36.8 Å². The minimum Gasteiger partial charge on any atom is -0.481 e. The number of benzene rings is 2. The summed E-state index contributed by atoms with van der Waals surface area (Å²) in [4.78, 5) is 38.0. The van der Waals surface area contributed by atoms with Crippen molar-refractivity contribution in [1.82, 2.24) is 10.2 Å². The number of rotatable bonds is 6. The molecule has 2 aromatic rings. The Hall–Kier alpha value is -3.35. The summed E-state index contributed by atoms with van der Waals surface area (Å²) in [6.45, 7) is 2.73. The Kier molecular flexibility index (Phi) is 4.92. The molecule has 2 fully saturated rings. The average molecular weight is 434 g/mol. The zero-order chi connectivity index (χ0) is 22.5. The molecule has 3 atom stereocenters. The molecule has 2 amide bonds. The van der Waals surface area contributed by atoms with Crippen LogP contribution in [0.15, 0.2) is 48.5 Å². The number of carbonyl (C=O) groups is 3. The lowest BCUT2D eigenvalue weighted by Crippen LogP contribution is -2.40. The van der Waals surface area contributed by atoms with Gasteiger partial charge in [0.2, 0.25) is 5.91 Å². The zero-order valence-corrected chi connectivity index (χ0v) is 17.9. The lowest BCUT2D eigenvalue weighted by atomic mass is 9.98. The second-order valence-electron chi connectivity index (χ2n) is 9.21. The first kappa shape index (κ1) is 20.5. The molecule has 0 aromatic heterocycles. The topological polar surface area (TPSA) is 95.9 Å². The molecule has 1 heterocycles. The molecule has 2 unspecified atom stereocenters. The minimum absolute atomic E-state index is 0.0198. The molecular weight excluding hydrogens is 408 g/mol. The Morgan fingerprint density at radius 3 is 2.34 bits per heavy atom. The number of carboxylic acids is 1. The van der Waals surface area contributed by atoms with E-state index in [2.05, 4.69) is 29.6 Å². The summed E-state index contributed by atoms with van der Waals surface area (Å²) in [5.74, 6) is -0.908. The third kappa shape index (κ3) is 3.42. The van der Waals surface area contributed by atoms with Gasteiger partial charge < -0.3 is 20.1 Å². The fourth-order valence-electron chi connectivity index (χ4n) is 5.29. The fraction of sp³-hybridized carbons (Fsp3) is 0.400. The molecule has 0 bridgehead atoms. The second-order valence-corrected chi connectivity index (χ2v) is 9.21. The van der Waals surface area contributed by atoms with Crippen LogP contribution < -0.4 is 5.32 Å². The molecule has 5 rings (SSSR count). The lowest BCUT2D eigenvalue weighted by Gasteiger charge is -2.22. The number of hydrogen-bond donors (Lipinski definition) is 2. The lowest BCUT2D eigenvalue weighted by molar-refractivity contribution is -0.144. The zero-order valence-electron chi connectivity index (χ0n) is 17.9. The summed E-state index contributed by atoms with van der Waals surface area (Å²) >= 11 is 0. The van der Waals surface area contributed by atoms with Gasteiger partial charge in [-0.2, -0.15) is 0 Å². The minimum atomic E-state index is -0.817. The number of nitrogens with zero attached hydrogens (tertiary/aromatic N) is 1. The van der Waals surface area contributed by atoms with E-state index in [1.807, 2.05) is 24.3 Å². The molecule has 0 radical (unpaired) electrons. The standard InChI is InChI=1S/C25H26N2O5/c1-15(10-22(28)27-12-16-11-25(16,14-27)23(29)30)26-24(31)32-13-21-19-8-4-2-6-17(19)18-7-3-5-9-20(18)21/h2-9,15-16,21H,10-14H2,1H3,(H,26,31)(H,29,30)/t15-,16?,25?/m0/s1. The van der Waals surface area contributed by atoms with Gasteiger partial charge >= 0.3 is 12.1 Å². The molecule has 166 valence electrons. The van der Waals surface area contributed by atoms with E-state index in [1.165, 1.54) is 11.1 Å². The van der Waals surface area contributed by atoms with Crippen molar-refractivity contribution in [2.24, 2.45) is 11.3 Å². The Balaban J connectivity index is 1.14. The Morgan fingerprint density at radius 2 is 1.75 bits per heavy atom. The van der Waals surface area contributed by atoms with E-state index in [0.29, 0.717) is 13.0 Å². The molecule has 1 aliphatic heterocycles. The van der Waals surface area contributed by atoms with Gasteiger partial charge in [-0.25, -0.2) is 4.79 Å². The van der Waals surface area contributed by atoms with Crippen molar-refractivity contribution < 1.29 is 24.2 Å². The number of nitrogens with one attached hydrogen (secondary N) is 1. The molecule has 3 aliphatic rings. The summed E-state index contributed by atoms with van der Waals surface area (Å²) in [7, 11) is 0. The second kappa shape index (κ2) is 7.65. The van der Waals surface area contributed by atoms with Gasteiger partial charge in [-0.05, 0) is 41.5 Å². The smallest absolute Gasteiger partial charge is 0.407 e. The number of alkyl carbamates (subject to hydrolysis) is 1. The quantitative estimate of drug-likeness (QED) is 0.728. The number of amides is 2. The average Bonchev–Trinajstić information content (AvgIpc) is 3.20. The summed E-state index contributed by atoms with van der Waals surface area (Å²) in [5.41, 5.74) is 3.88. The molecule has 2 aromatic carbocycles. The first-order valence-electron chi connectivity index (χ1n) is 11.0. The van der Waals surface area contributed by atoms with Crippen molar-refractivity contribution in [2.45, 2.75) is 31.7 Å². The number of ether oxygens (including phenoxy) is 1. The third-order valence-corrected chi connectivity index (χ3v) is 7.11. The Labute approximate surface area is 186 Å². The summed E-state index contributed by atoms with van der Waals surface area (Å²) in [6, 6.07) is 15.9. The van der Waals surface area contributed by atoms with Crippen LogP contribution in [-0.4, -0.2) is 53.7 Å². The van der Waals surface area contributed by atoms with Gasteiger partial charge in [-0.15, -0.1) is 0 Å². The monoisotopic (exact) mass is 434 g/mol. The van der Waals surface area contributed by atoms with E-state index in [4.69, 9.17) is 4.74 Å². The van der Waals surface area contributed by atoms with Crippen LogP contribution in [0.5, 0.6) is 0 Å². The predicted octanol–water partition coefficient (Wildman–Crippen LogP) is 3.24. The molecule has 0 spiro atoms. The van der Waals surface area contributed by atoms with Crippen molar-refractivity contribution in [3.63, 3.8) is 0 Å². The SMILES string of the molecule is C[C@@H](CC(=O)N1CC2CC2(C(=O)O)C1)NC(=O)OCC1c2ccccc2-c2ccccc21. The number of likely N-dealkylation sites (tertiary alicyclic amines) is 1. The maximum absolute atomic E-state index is 12.6. The van der Waals surface area contributed by atoms with Gasteiger partial charge in [-0.1, -0.05) is 48.5 Å². The number of carbonyl (C=O) groups excluding carboxylic acids is 2. The van der Waals surface area contributed by atoms with E-state index in [1.54, 1.807) is 11.8 Å². The van der Waals surface area contributed by atoms with Gasteiger partial charge in [-0.3, -0.25) is 9.59 Å². The van der Waals surface area contributed by atoms with Crippen LogP contribution in [0.4, 0.5) is 4.79 Å². The summed E-state index contributed by atoms with van der Waals surface area (Å²) in [6.07, 6.45) is 0.213. The van der Waals surface area contributed by atoms with Gasteiger partial charge in [0, 0.05) is 31.5 Å².